The van der Waals surface area contributed by atoms with Crippen molar-refractivity contribution in [3.8, 4) is 5.88 Å². The van der Waals surface area contributed by atoms with Crippen molar-refractivity contribution in [1.29, 1.82) is 0 Å². The van der Waals surface area contributed by atoms with Crippen LogP contribution < -0.4 is 10.1 Å². The number of hydrogen-bond acceptors (Lipinski definition) is 4. The smallest absolute Gasteiger partial charge is 0.278 e. The Morgan fingerprint density at radius 2 is 2.28 bits per heavy atom. The Morgan fingerprint density at radius 1 is 1.52 bits per heavy atom. The number of aromatic nitrogens is 1. The lowest BCUT2D eigenvalue weighted by molar-refractivity contribution is -0.125. The van der Waals surface area contributed by atoms with Gasteiger partial charge >= 0.3 is 0 Å². The summed E-state index contributed by atoms with van der Waals surface area (Å²) < 4.78 is 30.6. The first kappa shape index (κ1) is 17.9. The number of amides is 1. The molecule has 0 aromatic carbocycles. The maximum Gasteiger partial charge on any atom is 0.278 e. The first-order valence-corrected chi connectivity index (χ1v) is 8.30. The van der Waals surface area contributed by atoms with Gasteiger partial charge in [-0.05, 0) is 29.5 Å². The van der Waals surface area contributed by atoms with Crippen LogP contribution in [0.5, 0.6) is 5.88 Å². The number of nitrogens with zero attached hydrogens (tertiary/aromatic N) is 2. The third-order valence-electron chi connectivity index (χ3n) is 3.72. The van der Waals surface area contributed by atoms with Crippen LogP contribution in [0.25, 0.3) is 0 Å². The van der Waals surface area contributed by atoms with Crippen LogP contribution in [-0.2, 0) is 11.3 Å². The third-order valence-corrected chi connectivity index (χ3v) is 4.38. The lowest BCUT2D eigenvalue weighted by Crippen LogP contribution is -2.28. The zero-order valence-electron chi connectivity index (χ0n) is 13.2. The lowest BCUT2D eigenvalue weighted by Gasteiger charge is -2.18. The van der Waals surface area contributed by atoms with E-state index in [0.717, 1.165) is 12.5 Å². The van der Waals surface area contributed by atoms with Gasteiger partial charge < -0.3 is 15.0 Å². The van der Waals surface area contributed by atoms with Crippen LogP contribution in [0.2, 0.25) is 5.02 Å². The summed E-state index contributed by atoms with van der Waals surface area (Å²) in [7, 11) is 0. The van der Waals surface area contributed by atoms with E-state index in [9.17, 15) is 13.6 Å². The van der Waals surface area contributed by atoms with Crippen molar-refractivity contribution in [1.82, 2.24) is 15.2 Å². The van der Waals surface area contributed by atoms with Crippen LogP contribution >= 0.6 is 23.2 Å². The predicted octanol–water partition coefficient (Wildman–Crippen LogP) is 3.09. The molecule has 0 spiro atoms. The lowest BCUT2D eigenvalue weighted by atomic mass is 10.1. The molecule has 2 aliphatic heterocycles. The molecular formula is C16H15Cl2F2N3O2. The average Bonchev–Trinajstić information content (AvgIpc) is 2.84. The van der Waals surface area contributed by atoms with E-state index < -0.39 is 18.0 Å². The number of alkyl halides is 3. The molecule has 9 heteroatoms. The molecule has 1 N–H and O–H groups in total. The van der Waals surface area contributed by atoms with Crippen molar-refractivity contribution in [3.63, 3.8) is 0 Å². The van der Waals surface area contributed by atoms with Gasteiger partial charge in [-0.2, -0.15) is 0 Å². The molecule has 134 valence electrons. The van der Waals surface area contributed by atoms with Gasteiger partial charge in [0.15, 0.2) is 6.61 Å². The molecule has 25 heavy (non-hydrogen) atoms. The molecule has 0 bridgehead atoms. The summed E-state index contributed by atoms with van der Waals surface area (Å²) >= 11 is 12.2. The van der Waals surface area contributed by atoms with Gasteiger partial charge in [0.1, 0.15) is 10.5 Å². The van der Waals surface area contributed by atoms with Crippen LogP contribution in [0.4, 0.5) is 8.78 Å². The van der Waals surface area contributed by atoms with Crippen molar-refractivity contribution in [2.75, 3.05) is 13.2 Å². The summed E-state index contributed by atoms with van der Waals surface area (Å²) in [5.41, 5.74) is 1.65. The number of carbonyl (C=O) groups excluding carboxylic acids is 1. The second-order valence-corrected chi connectivity index (χ2v) is 6.80. The van der Waals surface area contributed by atoms with Crippen molar-refractivity contribution in [3.05, 3.63) is 46.3 Å². The minimum atomic E-state index is -2.98. The van der Waals surface area contributed by atoms with Crippen LogP contribution in [0.3, 0.4) is 0 Å². The molecule has 0 aliphatic carbocycles. The van der Waals surface area contributed by atoms with Gasteiger partial charge in [-0.15, -0.1) is 0 Å². The molecule has 3 heterocycles. The van der Waals surface area contributed by atoms with E-state index in [4.69, 9.17) is 27.9 Å². The van der Waals surface area contributed by atoms with Gasteiger partial charge in [0, 0.05) is 31.8 Å². The van der Waals surface area contributed by atoms with Crippen molar-refractivity contribution in [2.24, 2.45) is 0 Å². The zero-order valence-corrected chi connectivity index (χ0v) is 14.7. The summed E-state index contributed by atoms with van der Waals surface area (Å²) in [6.45, 7) is 0.616. The number of rotatable bonds is 5. The molecule has 1 aromatic heterocycles. The summed E-state index contributed by atoms with van der Waals surface area (Å²) in [6, 6.07) is 1.55. The number of pyridine rings is 1. The highest BCUT2D eigenvalue weighted by Gasteiger charge is 2.33. The van der Waals surface area contributed by atoms with E-state index in [1.807, 2.05) is 0 Å². The van der Waals surface area contributed by atoms with Gasteiger partial charge in [-0.25, -0.2) is 13.8 Å². The fourth-order valence-corrected chi connectivity index (χ4v) is 3.09. The van der Waals surface area contributed by atoms with E-state index >= 15 is 0 Å². The van der Waals surface area contributed by atoms with Gasteiger partial charge in [0.25, 0.3) is 11.8 Å². The Hall–Kier alpha value is -1.86. The number of hydrogen-bond donors (Lipinski definition) is 1. The summed E-state index contributed by atoms with van der Waals surface area (Å²) in [6.07, 6.45) is 4.79. The SMILES string of the molecule is CC(F)(F)COc1ncc(CN2CC3=C(C=CNC3Cl)C2=O)cc1Cl. The Balaban J connectivity index is 1.67. The Morgan fingerprint density at radius 3 is 2.92 bits per heavy atom. The maximum absolute atomic E-state index is 12.8. The van der Waals surface area contributed by atoms with Crippen LogP contribution in [-0.4, -0.2) is 40.4 Å². The first-order chi connectivity index (χ1) is 11.7. The molecule has 1 amide bonds. The van der Waals surface area contributed by atoms with E-state index in [1.165, 1.54) is 6.20 Å². The summed E-state index contributed by atoms with van der Waals surface area (Å²) in [4.78, 5) is 18.0. The number of ether oxygens (including phenoxy) is 1. The van der Waals surface area contributed by atoms with Crippen LogP contribution in [0, 0.1) is 0 Å². The van der Waals surface area contributed by atoms with Gasteiger partial charge in [-0.3, -0.25) is 4.79 Å². The van der Waals surface area contributed by atoms with Crippen molar-refractivity contribution < 1.29 is 18.3 Å². The highest BCUT2D eigenvalue weighted by Crippen LogP contribution is 2.30. The molecule has 0 saturated heterocycles. The molecule has 5 nitrogen and oxygen atoms in total. The van der Waals surface area contributed by atoms with E-state index in [1.54, 1.807) is 23.2 Å². The monoisotopic (exact) mass is 389 g/mol. The molecule has 1 unspecified atom stereocenters. The summed E-state index contributed by atoms with van der Waals surface area (Å²) in [5, 5.41) is 3.05. The van der Waals surface area contributed by atoms with Gasteiger partial charge in [-0.1, -0.05) is 23.2 Å². The molecule has 3 rings (SSSR count). The zero-order chi connectivity index (χ0) is 18.2. The Labute approximate surface area is 153 Å². The van der Waals surface area contributed by atoms with Gasteiger partial charge in [0.2, 0.25) is 5.88 Å². The molecule has 1 aromatic rings. The minimum absolute atomic E-state index is 0.0648. The van der Waals surface area contributed by atoms with E-state index in [2.05, 4.69) is 10.3 Å². The molecule has 1 atom stereocenters. The first-order valence-electron chi connectivity index (χ1n) is 7.48. The second-order valence-electron chi connectivity index (χ2n) is 5.95. The maximum atomic E-state index is 12.8. The van der Waals surface area contributed by atoms with Crippen LogP contribution in [0.15, 0.2) is 35.7 Å². The molecular weight excluding hydrogens is 375 g/mol. The predicted molar refractivity (Wildman–Crippen MR) is 89.7 cm³/mol. The fourth-order valence-electron chi connectivity index (χ4n) is 2.58. The molecule has 2 aliphatic rings. The highest BCUT2D eigenvalue weighted by atomic mass is 35.5. The topological polar surface area (TPSA) is 54.5 Å². The van der Waals surface area contributed by atoms with Crippen molar-refractivity contribution in [2.45, 2.75) is 24.9 Å². The van der Waals surface area contributed by atoms with Crippen molar-refractivity contribution >= 4 is 29.1 Å². The fraction of sp³-hybridized carbons (Fsp3) is 0.375. The Kier molecular flexibility index (Phi) is 4.88. The number of halogens is 4. The molecule has 0 fully saturated rings. The number of nitrogens with one attached hydrogen (secondary N) is 1. The number of carbonyl (C=O) groups is 1. The third kappa shape index (κ3) is 4.04. The highest BCUT2D eigenvalue weighted by molar-refractivity contribution is 6.31. The average molecular weight is 390 g/mol. The number of dihydropyridines is 1. The van der Waals surface area contributed by atoms with Gasteiger partial charge in [0.05, 0.1) is 0 Å². The standard InChI is InChI=1S/C16H15Cl2F2N3O2/c1-16(19,20)8-25-14-12(17)4-9(5-22-14)6-23-7-11-10(15(23)24)2-3-21-13(11)18/h2-5,13,21H,6-8H2,1H3. The largest absolute Gasteiger partial charge is 0.470 e. The summed E-state index contributed by atoms with van der Waals surface area (Å²) in [5.74, 6) is -3.17. The van der Waals surface area contributed by atoms with E-state index in [-0.39, 0.29) is 23.4 Å². The normalized spacial score (nSPS) is 20.0. The van der Waals surface area contributed by atoms with Crippen LogP contribution in [0.1, 0.15) is 12.5 Å². The second kappa shape index (κ2) is 6.80. The minimum Gasteiger partial charge on any atom is -0.470 e. The Bertz CT molecular complexity index is 762. The quantitative estimate of drug-likeness (QED) is 0.620. The van der Waals surface area contributed by atoms with E-state index in [0.29, 0.717) is 17.7 Å². The molecule has 0 radical (unpaired) electrons. The molecule has 0 saturated carbocycles.